The van der Waals surface area contributed by atoms with Crippen LogP contribution < -0.4 is 9.47 Å². The van der Waals surface area contributed by atoms with E-state index in [0.717, 1.165) is 19.3 Å². The first-order valence-corrected chi connectivity index (χ1v) is 10.4. The fourth-order valence-corrected chi connectivity index (χ4v) is 5.23. The highest BCUT2D eigenvalue weighted by molar-refractivity contribution is 7.89. The van der Waals surface area contributed by atoms with Crippen molar-refractivity contribution in [3.8, 4) is 11.5 Å². The lowest BCUT2D eigenvalue weighted by Crippen LogP contribution is -2.35. The fraction of sp³-hybridized carbons (Fsp3) is 0.400. The first kappa shape index (κ1) is 19.6. The van der Waals surface area contributed by atoms with Crippen molar-refractivity contribution in [2.75, 3.05) is 20.8 Å². The van der Waals surface area contributed by atoms with Crippen molar-refractivity contribution in [2.24, 2.45) is 0 Å². The van der Waals surface area contributed by atoms with Gasteiger partial charge in [0.1, 0.15) is 5.82 Å². The minimum atomic E-state index is -3.78. The summed E-state index contributed by atoms with van der Waals surface area (Å²) in [4.78, 5) is 0.142. The molecule has 0 spiro atoms. The molecule has 1 unspecified atom stereocenters. The van der Waals surface area contributed by atoms with Crippen molar-refractivity contribution in [2.45, 2.75) is 36.6 Å². The van der Waals surface area contributed by atoms with Crippen molar-refractivity contribution in [1.82, 2.24) is 4.31 Å². The van der Waals surface area contributed by atoms with Crippen LogP contribution in [0.4, 0.5) is 4.39 Å². The third-order valence-electron chi connectivity index (χ3n) is 4.90. The molecule has 0 aromatic heterocycles. The topological polar surface area (TPSA) is 55.8 Å². The average molecular weight is 393 g/mol. The molecule has 1 aliphatic rings. The van der Waals surface area contributed by atoms with E-state index in [4.69, 9.17) is 9.47 Å². The maximum Gasteiger partial charge on any atom is 0.243 e. The van der Waals surface area contributed by atoms with Gasteiger partial charge in [-0.25, -0.2) is 12.8 Å². The number of rotatable bonds is 5. The number of halogens is 1. The summed E-state index contributed by atoms with van der Waals surface area (Å²) in [6.07, 6.45) is 3.29. The molecule has 1 heterocycles. The van der Waals surface area contributed by atoms with Crippen LogP contribution in [0.5, 0.6) is 11.5 Å². The Morgan fingerprint density at radius 1 is 1.00 bits per heavy atom. The van der Waals surface area contributed by atoms with Crippen LogP contribution in [0.2, 0.25) is 0 Å². The molecule has 146 valence electrons. The summed E-state index contributed by atoms with van der Waals surface area (Å²) >= 11 is 0. The second-order valence-electron chi connectivity index (χ2n) is 6.55. The van der Waals surface area contributed by atoms with E-state index in [-0.39, 0.29) is 16.8 Å². The Kier molecular flexibility index (Phi) is 6.01. The molecule has 3 rings (SSSR count). The summed E-state index contributed by atoms with van der Waals surface area (Å²) in [6.45, 7) is 0.401. The third kappa shape index (κ3) is 4.09. The third-order valence-corrected chi connectivity index (χ3v) is 6.80. The van der Waals surface area contributed by atoms with E-state index in [1.54, 1.807) is 18.2 Å². The summed E-state index contributed by atoms with van der Waals surface area (Å²) in [7, 11) is -0.809. The molecule has 0 radical (unpaired) electrons. The van der Waals surface area contributed by atoms with Crippen LogP contribution in [-0.4, -0.2) is 33.5 Å². The number of methoxy groups -OCH3 is 2. The molecule has 0 N–H and O–H groups in total. The van der Waals surface area contributed by atoms with E-state index in [0.29, 0.717) is 30.0 Å². The number of ether oxygens (including phenoxy) is 2. The zero-order valence-electron chi connectivity index (χ0n) is 15.5. The maximum atomic E-state index is 13.8. The lowest BCUT2D eigenvalue weighted by molar-refractivity contribution is 0.327. The Labute approximate surface area is 159 Å². The molecule has 7 heteroatoms. The Bertz CT molecular complexity index is 901. The van der Waals surface area contributed by atoms with Gasteiger partial charge in [-0.05, 0) is 42.7 Å². The number of nitrogens with zero attached hydrogens (tertiary/aromatic N) is 1. The van der Waals surface area contributed by atoms with Crippen molar-refractivity contribution >= 4 is 10.0 Å². The number of sulfonamides is 1. The van der Waals surface area contributed by atoms with Gasteiger partial charge >= 0.3 is 0 Å². The van der Waals surface area contributed by atoms with Gasteiger partial charge in [0.05, 0.1) is 25.2 Å². The first-order valence-electron chi connectivity index (χ1n) is 8.96. The van der Waals surface area contributed by atoms with Crippen molar-refractivity contribution in [1.29, 1.82) is 0 Å². The van der Waals surface area contributed by atoms with Crippen LogP contribution in [0.15, 0.2) is 47.4 Å². The maximum absolute atomic E-state index is 13.8. The van der Waals surface area contributed by atoms with E-state index in [1.165, 1.54) is 42.8 Å². The van der Waals surface area contributed by atoms with E-state index in [2.05, 4.69) is 0 Å². The average Bonchev–Trinajstić information content (AvgIpc) is 2.94. The molecule has 0 aliphatic carbocycles. The quantitative estimate of drug-likeness (QED) is 0.766. The molecule has 27 heavy (non-hydrogen) atoms. The number of benzene rings is 2. The molecular weight excluding hydrogens is 369 g/mol. The van der Waals surface area contributed by atoms with E-state index < -0.39 is 10.0 Å². The minimum Gasteiger partial charge on any atom is -0.493 e. The van der Waals surface area contributed by atoms with Gasteiger partial charge in [-0.3, -0.25) is 0 Å². The molecule has 1 saturated heterocycles. The molecule has 2 aromatic carbocycles. The Hall–Kier alpha value is -2.12. The van der Waals surface area contributed by atoms with Crippen LogP contribution in [0.25, 0.3) is 0 Å². The van der Waals surface area contributed by atoms with E-state index in [9.17, 15) is 12.8 Å². The van der Waals surface area contributed by atoms with Crippen molar-refractivity contribution in [3.05, 3.63) is 53.8 Å². The summed E-state index contributed by atoms with van der Waals surface area (Å²) < 4.78 is 52.5. The van der Waals surface area contributed by atoms with Gasteiger partial charge in [0.25, 0.3) is 0 Å². The molecule has 5 nitrogen and oxygen atoms in total. The first-order chi connectivity index (χ1) is 13.0. The van der Waals surface area contributed by atoms with Crippen LogP contribution >= 0.6 is 0 Å². The van der Waals surface area contributed by atoms with Gasteiger partial charge in [0.15, 0.2) is 11.5 Å². The molecular formula is C20H24FNO4S. The number of hydrogen-bond acceptors (Lipinski definition) is 4. The monoisotopic (exact) mass is 393 g/mol. The van der Waals surface area contributed by atoms with Crippen LogP contribution in [0.1, 0.15) is 37.3 Å². The minimum absolute atomic E-state index is 0.142. The Morgan fingerprint density at radius 2 is 1.78 bits per heavy atom. The summed E-state index contributed by atoms with van der Waals surface area (Å²) in [5, 5.41) is 0. The van der Waals surface area contributed by atoms with Crippen LogP contribution in [-0.2, 0) is 10.0 Å². The molecule has 1 aliphatic heterocycles. The van der Waals surface area contributed by atoms with Crippen molar-refractivity contribution in [3.63, 3.8) is 0 Å². The highest BCUT2D eigenvalue weighted by Crippen LogP contribution is 2.37. The normalized spacial score (nSPS) is 18.7. The summed E-state index contributed by atoms with van der Waals surface area (Å²) in [5.41, 5.74) is 0.681. The standard InChI is InChI=1S/C20H24FNO4S/c1-25-19-11-10-17(14-20(19)26-2)27(23,24)22-12-5-3-4-9-18(22)15-7-6-8-16(21)13-15/h6-8,10-11,13-14,18H,3-5,9,12H2,1-2H3. The van der Waals surface area contributed by atoms with Gasteiger partial charge in [-0.1, -0.05) is 25.0 Å². The molecule has 0 saturated carbocycles. The Morgan fingerprint density at radius 3 is 2.48 bits per heavy atom. The van der Waals surface area contributed by atoms with E-state index >= 15 is 0 Å². The zero-order chi connectivity index (χ0) is 19.4. The number of hydrogen-bond donors (Lipinski definition) is 0. The molecule has 0 amide bonds. The van der Waals surface area contributed by atoms with Gasteiger partial charge in [-0.15, -0.1) is 0 Å². The predicted octanol–water partition coefficient (Wildman–Crippen LogP) is 4.15. The van der Waals surface area contributed by atoms with Gasteiger partial charge in [-0.2, -0.15) is 4.31 Å². The second kappa shape index (κ2) is 8.27. The lowest BCUT2D eigenvalue weighted by atomic mass is 10.0. The highest BCUT2D eigenvalue weighted by Gasteiger charge is 2.34. The SMILES string of the molecule is COc1ccc(S(=O)(=O)N2CCCCCC2c2cccc(F)c2)cc1OC. The highest BCUT2D eigenvalue weighted by atomic mass is 32.2. The van der Waals surface area contributed by atoms with Crippen LogP contribution in [0, 0.1) is 5.82 Å². The molecule has 0 bridgehead atoms. The Balaban J connectivity index is 2.04. The fourth-order valence-electron chi connectivity index (χ4n) is 3.53. The van der Waals surface area contributed by atoms with Gasteiger partial charge in [0, 0.05) is 12.6 Å². The molecule has 2 aromatic rings. The molecule has 1 fully saturated rings. The van der Waals surface area contributed by atoms with Gasteiger partial charge in [0.2, 0.25) is 10.0 Å². The second-order valence-corrected chi connectivity index (χ2v) is 8.44. The molecule has 1 atom stereocenters. The van der Waals surface area contributed by atoms with Crippen LogP contribution in [0.3, 0.4) is 0 Å². The van der Waals surface area contributed by atoms with Gasteiger partial charge < -0.3 is 9.47 Å². The lowest BCUT2D eigenvalue weighted by Gasteiger charge is -2.29. The van der Waals surface area contributed by atoms with Crippen molar-refractivity contribution < 1.29 is 22.3 Å². The summed E-state index contributed by atoms with van der Waals surface area (Å²) in [5.74, 6) is 0.463. The zero-order valence-corrected chi connectivity index (χ0v) is 16.3. The summed E-state index contributed by atoms with van der Waals surface area (Å²) in [6, 6.07) is 10.4. The largest absolute Gasteiger partial charge is 0.493 e. The predicted molar refractivity (Wildman–Crippen MR) is 101 cm³/mol. The smallest absolute Gasteiger partial charge is 0.243 e. The van der Waals surface area contributed by atoms with E-state index in [1.807, 2.05) is 0 Å².